The number of esters is 1. The van der Waals surface area contributed by atoms with Crippen molar-refractivity contribution in [2.24, 2.45) is 0 Å². The molecule has 0 atom stereocenters. The van der Waals surface area contributed by atoms with E-state index >= 15 is 0 Å². The Balaban J connectivity index is 1.66. The first kappa shape index (κ1) is 15.6. The molecule has 2 aromatic carbocycles. The number of pyridine rings is 1. The Morgan fingerprint density at radius 2 is 2.00 bits per heavy atom. The quantitative estimate of drug-likeness (QED) is 0.675. The van der Waals surface area contributed by atoms with Crippen molar-refractivity contribution in [3.8, 4) is 5.75 Å². The molecule has 0 fully saturated rings. The molecule has 0 unspecified atom stereocenters. The Hall–Kier alpha value is -2.88. The van der Waals surface area contributed by atoms with Crippen molar-refractivity contribution in [3.63, 3.8) is 0 Å². The van der Waals surface area contributed by atoms with Crippen molar-refractivity contribution in [3.05, 3.63) is 70.9 Å². The molecule has 0 saturated heterocycles. The minimum absolute atomic E-state index is 0.224. The summed E-state index contributed by atoms with van der Waals surface area (Å²) < 4.78 is 10.8. The van der Waals surface area contributed by atoms with Crippen LogP contribution in [0.5, 0.6) is 5.75 Å². The van der Waals surface area contributed by atoms with Gasteiger partial charge in [-0.15, -0.1) is 0 Å². The number of benzene rings is 2. The van der Waals surface area contributed by atoms with Crippen LogP contribution in [0.15, 0.2) is 48.5 Å². The maximum Gasteiger partial charge on any atom is 0.339 e. The molecule has 0 bridgehead atoms. The highest BCUT2D eigenvalue weighted by Crippen LogP contribution is 2.30. The van der Waals surface area contributed by atoms with Gasteiger partial charge in [0.25, 0.3) is 0 Å². The van der Waals surface area contributed by atoms with Crippen molar-refractivity contribution in [1.29, 1.82) is 0 Å². The van der Waals surface area contributed by atoms with Gasteiger partial charge in [0.1, 0.15) is 12.4 Å². The van der Waals surface area contributed by atoms with Gasteiger partial charge in [0, 0.05) is 11.1 Å². The number of rotatable bonds is 4. The lowest BCUT2D eigenvalue weighted by atomic mass is 10.0. The van der Waals surface area contributed by atoms with Gasteiger partial charge in [-0.25, -0.2) is 4.79 Å². The predicted molar refractivity (Wildman–Crippen MR) is 95.9 cm³/mol. The zero-order valence-corrected chi connectivity index (χ0v) is 14.1. The number of fused-ring (bicyclic) bond motifs is 2. The minimum Gasteiger partial charge on any atom is -0.497 e. The number of carbonyl (C=O) groups is 1. The van der Waals surface area contributed by atoms with Gasteiger partial charge >= 0.3 is 5.97 Å². The summed E-state index contributed by atoms with van der Waals surface area (Å²) in [5, 5.41) is 0.874. The first-order chi connectivity index (χ1) is 12.3. The standard InChI is InChI=1S/C21H19NO3/c1-24-15-7-4-6-14(12-15)13-25-21(23)20-16-8-2-3-10-18(16)22-19-11-5-9-17(19)20/h2-4,6-8,10,12H,5,9,11,13H2,1H3. The first-order valence-electron chi connectivity index (χ1n) is 8.47. The van der Waals surface area contributed by atoms with Crippen LogP contribution in [-0.4, -0.2) is 18.1 Å². The average molecular weight is 333 g/mol. The molecule has 0 saturated carbocycles. The van der Waals surface area contributed by atoms with Crippen LogP contribution < -0.4 is 4.74 Å². The molecule has 4 nitrogen and oxygen atoms in total. The summed E-state index contributed by atoms with van der Waals surface area (Å²) >= 11 is 0. The Labute approximate surface area is 146 Å². The van der Waals surface area contributed by atoms with Crippen molar-refractivity contribution in [2.45, 2.75) is 25.9 Å². The zero-order valence-electron chi connectivity index (χ0n) is 14.1. The molecule has 0 spiro atoms. The number of ether oxygens (including phenoxy) is 2. The summed E-state index contributed by atoms with van der Waals surface area (Å²) in [5.74, 6) is 0.475. The van der Waals surface area contributed by atoms with E-state index in [9.17, 15) is 4.79 Å². The molecule has 4 rings (SSSR count). The van der Waals surface area contributed by atoms with Crippen molar-refractivity contribution in [1.82, 2.24) is 4.98 Å². The van der Waals surface area contributed by atoms with Crippen LogP contribution in [0.25, 0.3) is 10.9 Å². The fourth-order valence-electron chi connectivity index (χ4n) is 3.43. The van der Waals surface area contributed by atoms with Crippen molar-refractivity contribution >= 4 is 16.9 Å². The summed E-state index contributed by atoms with van der Waals surface area (Å²) in [6, 6.07) is 15.3. The number of aromatic nitrogens is 1. The Morgan fingerprint density at radius 1 is 1.12 bits per heavy atom. The highest BCUT2D eigenvalue weighted by atomic mass is 16.5. The van der Waals surface area contributed by atoms with Gasteiger partial charge in [-0.2, -0.15) is 0 Å². The fraction of sp³-hybridized carbons (Fsp3) is 0.238. The lowest BCUT2D eigenvalue weighted by Gasteiger charge is -2.12. The number of carbonyl (C=O) groups excluding carboxylic acids is 1. The maximum atomic E-state index is 12.9. The molecular formula is C21H19NO3. The van der Waals surface area contributed by atoms with E-state index in [1.807, 2.05) is 48.5 Å². The van der Waals surface area contributed by atoms with E-state index in [1.54, 1.807) is 7.11 Å². The number of methoxy groups -OCH3 is 1. The molecule has 1 aliphatic rings. The fourth-order valence-corrected chi connectivity index (χ4v) is 3.43. The third-order valence-corrected chi connectivity index (χ3v) is 4.63. The van der Waals surface area contributed by atoms with Crippen LogP contribution in [0.3, 0.4) is 0 Å². The maximum absolute atomic E-state index is 12.9. The summed E-state index contributed by atoms with van der Waals surface area (Å²) in [5.41, 5.74) is 4.53. The third-order valence-electron chi connectivity index (χ3n) is 4.63. The lowest BCUT2D eigenvalue weighted by Crippen LogP contribution is -2.10. The van der Waals surface area contributed by atoms with E-state index in [0.29, 0.717) is 5.56 Å². The number of hydrogen-bond acceptors (Lipinski definition) is 4. The lowest BCUT2D eigenvalue weighted by molar-refractivity contribution is 0.0473. The molecular weight excluding hydrogens is 314 g/mol. The van der Waals surface area contributed by atoms with E-state index < -0.39 is 0 Å². The van der Waals surface area contributed by atoms with Crippen molar-refractivity contribution in [2.75, 3.05) is 7.11 Å². The number of hydrogen-bond donors (Lipinski definition) is 0. The van der Waals surface area contributed by atoms with E-state index in [1.165, 1.54) is 0 Å². The van der Waals surface area contributed by atoms with Crippen LogP contribution in [-0.2, 0) is 24.2 Å². The van der Waals surface area contributed by atoms with E-state index in [2.05, 4.69) is 0 Å². The summed E-state index contributed by atoms with van der Waals surface area (Å²) in [6.45, 7) is 0.224. The van der Waals surface area contributed by atoms with Gasteiger partial charge in [0.15, 0.2) is 0 Å². The number of nitrogens with zero attached hydrogens (tertiary/aromatic N) is 1. The molecule has 3 aromatic rings. The van der Waals surface area contributed by atoms with Gasteiger partial charge in [-0.3, -0.25) is 4.98 Å². The smallest absolute Gasteiger partial charge is 0.339 e. The average Bonchev–Trinajstić information content (AvgIpc) is 3.12. The largest absolute Gasteiger partial charge is 0.497 e. The Kier molecular flexibility index (Phi) is 4.10. The first-order valence-corrected chi connectivity index (χ1v) is 8.47. The zero-order chi connectivity index (χ0) is 17.2. The van der Waals surface area contributed by atoms with E-state index in [-0.39, 0.29) is 12.6 Å². The molecule has 0 N–H and O–H groups in total. The topological polar surface area (TPSA) is 48.4 Å². The molecule has 1 heterocycles. The van der Waals surface area contributed by atoms with Crippen LogP contribution >= 0.6 is 0 Å². The summed E-state index contributed by atoms with van der Waals surface area (Å²) in [4.78, 5) is 17.6. The van der Waals surface area contributed by atoms with E-state index in [0.717, 1.165) is 52.7 Å². The van der Waals surface area contributed by atoms with Crippen LogP contribution in [0.4, 0.5) is 0 Å². The van der Waals surface area contributed by atoms with Gasteiger partial charge in [0.05, 0.1) is 18.2 Å². The van der Waals surface area contributed by atoms with Crippen LogP contribution in [0.1, 0.15) is 33.6 Å². The van der Waals surface area contributed by atoms with Crippen molar-refractivity contribution < 1.29 is 14.3 Å². The summed E-state index contributed by atoms with van der Waals surface area (Å²) in [6.07, 6.45) is 2.85. The van der Waals surface area contributed by atoms with Gasteiger partial charge in [0.2, 0.25) is 0 Å². The van der Waals surface area contributed by atoms with Gasteiger partial charge in [-0.05, 0) is 48.6 Å². The molecule has 25 heavy (non-hydrogen) atoms. The second-order valence-corrected chi connectivity index (χ2v) is 6.21. The van der Waals surface area contributed by atoms with E-state index in [4.69, 9.17) is 14.5 Å². The molecule has 1 aliphatic carbocycles. The molecule has 0 amide bonds. The Morgan fingerprint density at radius 3 is 2.88 bits per heavy atom. The number of aryl methyl sites for hydroxylation is 1. The molecule has 4 heteroatoms. The Bertz CT molecular complexity index is 949. The van der Waals surface area contributed by atoms with Crippen LogP contribution in [0.2, 0.25) is 0 Å². The molecule has 0 radical (unpaired) electrons. The van der Waals surface area contributed by atoms with Crippen LogP contribution in [0, 0.1) is 0 Å². The van der Waals surface area contributed by atoms with Gasteiger partial charge in [-0.1, -0.05) is 30.3 Å². The molecule has 0 aliphatic heterocycles. The second-order valence-electron chi connectivity index (χ2n) is 6.21. The highest BCUT2D eigenvalue weighted by Gasteiger charge is 2.24. The molecule has 1 aromatic heterocycles. The normalized spacial score (nSPS) is 12.8. The SMILES string of the molecule is COc1cccc(COC(=O)c2c3c(nc4ccccc24)CCC3)c1. The monoisotopic (exact) mass is 333 g/mol. The number of para-hydroxylation sites is 1. The minimum atomic E-state index is -0.278. The highest BCUT2D eigenvalue weighted by molar-refractivity contribution is 6.05. The summed E-state index contributed by atoms with van der Waals surface area (Å²) in [7, 11) is 1.62. The second kappa shape index (κ2) is 6.55. The van der Waals surface area contributed by atoms with Gasteiger partial charge < -0.3 is 9.47 Å². The third kappa shape index (κ3) is 2.95. The molecule has 126 valence electrons. The predicted octanol–water partition coefficient (Wildman–Crippen LogP) is 4.09.